The topological polar surface area (TPSA) is 51.0 Å². The summed E-state index contributed by atoms with van der Waals surface area (Å²) < 4.78 is 15.7. The Morgan fingerprint density at radius 3 is 2.86 bits per heavy atom. The number of carbonyl (C=O) groups excluding carboxylic acids is 1. The van der Waals surface area contributed by atoms with Crippen molar-refractivity contribution in [1.29, 1.82) is 0 Å². The lowest BCUT2D eigenvalue weighted by molar-refractivity contribution is -0.132. The summed E-state index contributed by atoms with van der Waals surface area (Å²) in [6.45, 7) is 1.73. The van der Waals surface area contributed by atoms with Gasteiger partial charge < -0.3 is 9.47 Å². The number of carbonyl (C=O) groups is 1. The van der Waals surface area contributed by atoms with Crippen LogP contribution in [0.4, 0.5) is 4.39 Å². The fourth-order valence-corrected chi connectivity index (χ4v) is 2.82. The van der Waals surface area contributed by atoms with Gasteiger partial charge in [0.1, 0.15) is 11.6 Å². The van der Waals surface area contributed by atoms with Crippen LogP contribution in [0.3, 0.4) is 0 Å². The second kappa shape index (κ2) is 6.48. The van der Waals surface area contributed by atoms with Crippen LogP contribution in [-0.4, -0.2) is 37.9 Å². The first-order valence-electron chi connectivity index (χ1n) is 7.22. The van der Waals surface area contributed by atoms with Gasteiger partial charge in [-0.2, -0.15) is 12.6 Å². The van der Waals surface area contributed by atoms with E-state index in [0.717, 1.165) is 11.6 Å². The van der Waals surface area contributed by atoms with Crippen LogP contribution in [0, 0.1) is 5.82 Å². The molecule has 0 saturated heterocycles. The molecule has 0 aliphatic carbocycles. The second-order valence-corrected chi connectivity index (χ2v) is 5.69. The molecule has 1 aliphatic rings. The monoisotopic (exact) mass is 320 g/mol. The van der Waals surface area contributed by atoms with Crippen molar-refractivity contribution in [2.75, 3.05) is 12.3 Å². The van der Waals surface area contributed by atoms with Crippen molar-refractivity contribution in [2.45, 2.75) is 25.9 Å². The van der Waals surface area contributed by atoms with Crippen LogP contribution in [0.15, 0.2) is 24.3 Å². The lowest BCUT2D eigenvalue weighted by atomic mass is 10.1. The summed E-state index contributed by atoms with van der Waals surface area (Å²) in [5.74, 6) is 1.88. The number of halogens is 1. The molecule has 116 valence electrons. The SMILES string of the molecule is O=C(CCS)N1CCn2c(Cc3ccccc3F)nnc2C1. The largest absolute Gasteiger partial charge is 0.333 e. The Labute approximate surface area is 133 Å². The first kappa shape index (κ1) is 15.0. The maximum Gasteiger partial charge on any atom is 0.223 e. The highest BCUT2D eigenvalue weighted by atomic mass is 32.1. The molecule has 0 spiro atoms. The molecule has 3 rings (SSSR count). The highest BCUT2D eigenvalue weighted by Gasteiger charge is 2.24. The van der Waals surface area contributed by atoms with E-state index >= 15 is 0 Å². The standard InChI is InChI=1S/C15H17FN4OS/c16-12-4-2-1-3-11(12)9-13-17-18-14-10-19(6-7-20(13)14)15(21)5-8-22/h1-4,22H,5-10H2. The molecule has 0 saturated carbocycles. The smallest absolute Gasteiger partial charge is 0.223 e. The number of hydrogen-bond donors (Lipinski definition) is 1. The van der Waals surface area contributed by atoms with E-state index in [1.165, 1.54) is 6.07 Å². The first-order chi connectivity index (χ1) is 10.7. The van der Waals surface area contributed by atoms with E-state index in [4.69, 9.17) is 0 Å². The first-order valence-corrected chi connectivity index (χ1v) is 7.85. The maximum absolute atomic E-state index is 13.7. The Hall–Kier alpha value is -1.89. The lowest BCUT2D eigenvalue weighted by Crippen LogP contribution is -2.38. The molecule has 0 bridgehead atoms. The van der Waals surface area contributed by atoms with E-state index in [2.05, 4.69) is 22.8 Å². The maximum atomic E-state index is 13.7. The van der Waals surface area contributed by atoms with E-state index < -0.39 is 0 Å². The van der Waals surface area contributed by atoms with Crippen LogP contribution in [0.25, 0.3) is 0 Å². The Kier molecular flexibility index (Phi) is 4.42. The molecule has 1 aliphatic heterocycles. The number of benzene rings is 1. The predicted octanol–water partition coefficient (Wildman–Crippen LogP) is 1.67. The zero-order valence-corrected chi connectivity index (χ0v) is 13.0. The molecule has 5 nitrogen and oxygen atoms in total. The zero-order chi connectivity index (χ0) is 15.5. The molecule has 1 aromatic carbocycles. The molecule has 0 atom stereocenters. The van der Waals surface area contributed by atoms with Gasteiger partial charge >= 0.3 is 0 Å². The molecule has 1 aromatic heterocycles. The highest BCUT2D eigenvalue weighted by Crippen LogP contribution is 2.17. The van der Waals surface area contributed by atoms with Gasteiger partial charge in [0.05, 0.1) is 6.54 Å². The number of hydrogen-bond acceptors (Lipinski definition) is 4. The third-order valence-corrected chi connectivity index (χ3v) is 4.04. The van der Waals surface area contributed by atoms with E-state index in [9.17, 15) is 9.18 Å². The average molecular weight is 320 g/mol. The van der Waals surface area contributed by atoms with E-state index in [-0.39, 0.29) is 11.7 Å². The van der Waals surface area contributed by atoms with Crippen molar-refractivity contribution >= 4 is 18.5 Å². The van der Waals surface area contributed by atoms with Gasteiger partial charge in [0.2, 0.25) is 5.91 Å². The van der Waals surface area contributed by atoms with Crippen LogP contribution in [0.5, 0.6) is 0 Å². The van der Waals surface area contributed by atoms with Gasteiger partial charge in [-0.15, -0.1) is 10.2 Å². The third-order valence-electron chi connectivity index (χ3n) is 3.81. The van der Waals surface area contributed by atoms with Crippen molar-refractivity contribution in [3.63, 3.8) is 0 Å². The Balaban J connectivity index is 1.76. The van der Waals surface area contributed by atoms with Gasteiger partial charge in [-0.3, -0.25) is 4.79 Å². The molecule has 1 amide bonds. The normalized spacial score (nSPS) is 14.0. The fourth-order valence-electron chi connectivity index (χ4n) is 2.63. The van der Waals surface area contributed by atoms with Crippen molar-refractivity contribution in [2.24, 2.45) is 0 Å². The average Bonchev–Trinajstić information content (AvgIpc) is 2.92. The van der Waals surface area contributed by atoms with Gasteiger partial charge in [0, 0.05) is 25.9 Å². The summed E-state index contributed by atoms with van der Waals surface area (Å²) in [5.41, 5.74) is 0.603. The van der Waals surface area contributed by atoms with Crippen LogP contribution in [0.1, 0.15) is 23.6 Å². The fraction of sp³-hybridized carbons (Fsp3) is 0.400. The van der Waals surface area contributed by atoms with Gasteiger partial charge in [-0.25, -0.2) is 4.39 Å². The second-order valence-electron chi connectivity index (χ2n) is 5.24. The molecule has 7 heteroatoms. The summed E-state index contributed by atoms with van der Waals surface area (Å²) in [6, 6.07) is 6.68. The lowest BCUT2D eigenvalue weighted by Gasteiger charge is -2.27. The van der Waals surface area contributed by atoms with Crippen LogP contribution in [0.2, 0.25) is 0 Å². The van der Waals surface area contributed by atoms with Crippen molar-refractivity contribution in [3.05, 3.63) is 47.3 Å². The van der Waals surface area contributed by atoms with Crippen molar-refractivity contribution in [1.82, 2.24) is 19.7 Å². The molecule has 2 aromatic rings. The summed E-state index contributed by atoms with van der Waals surface area (Å²) >= 11 is 4.09. The predicted molar refractivity (Wildman–Crippen MR) is 83.1 cm³/mol. The van der Waals surface area contributed by atoms with Crippen LogP contribution in [-0.2, 0) is 24.3 Å². The van der Waals surface area contributed by atoms with Crippen molar-refractivity contribution in [3.8, 4) is 0 Å². The number of nitrogens with zero attached hydrogens (tertiary/aromatic N) is 4. The van der Waals surface area contributed by atoms with E-state index in [0.29, 0.717) is 43.8 Å². The minimum atomic E-state index is -0.235. The third kappa shape index (κ3) is 2.99. The Morgan fingerprint density at radius 1 is 1.27 bits per heavy atom. The van der Waals surface area contributed by atoms with Crippen LogP contribution < -0.4 is 0 Å². The van der Waals surface area contributed by atoms with Gasteiger partial charge in [0.25, 0.3) is 0 Å². The highest BCUT2D eigenvalue weighted by molar-refractivity contribution is 7.80. The molecule has 0 radical (unpaired) electrons. The number of aromatic nitrogens is 3. The summed E-state index contributed by atoms with van der Waals surface area (Å²) in [4.78, 5) is 13.7. The molecular weight excluding hydrogens is 303 g/mol. The van der Waals surface area contributed by atoms with Gasteiger partial charge in [-0.1, -0.05) is 18.2 Å². The van der Waals surface area contributed by atoms with Crippen molar-refractivity contribution < 1.29 is 9.18 Å². The minimum absolute atomic E-state index is 0.0832. The molecule has 2 heterocycles. The number of thiol groups is 1. The van der Waals surface area contributed by atoms with Gasteiger partial charge in [-0.05, 0) is 17.4 Å². The molecule has 0 unspecified atom stereocenters. The summed E-state index contributed by atoms with van der Waals surface area (Å²) in [5, 5.41) is 8.32. The quantitative estimate of drug-likeness (QED) is 0.872. The summed E-state index contributed by atoms with van der Waals surface area (Å²) in [6.07, 6.45) is 0.837. The molecule has 0 fully saturated rings. The van der Waals surface area contributed by atoms with E-state index in [1.54, 1.807) is 17.0 Å². The van der Waals surface area contributed by atoms with E-state index in [1.807, 2.05) is 10.6 Å². The number of fused-ring (bicyclic) bond motifs is 1. The minimum Gasteiger partial charge on any atom is -0.333 e. The van der Waals surface area contributed by atoms with Crippen LogP contribution >= 0.6 is 12.6 Å². The summed E-state index contributed by atoms with van der Waals surface area (Å²) in [7, 11) is 0. The van der Waals surface area contributed by atoms with Gasteiger partial charge in [0.15, 0.2) is 5.82 Å². The molecular formula is C15H17FN4OS. The molecule has 22 heavy (non-hydrogen) atoms. The number of rotatable bonds is 4. The Bertz CT molecular complexity index is 688. The number of amides is 1. The zero-order valence-electron chi connectivity index (χ0n) is 12.1. The Morgan fingerprint density at radius 2 is 2.09 bits per heavy atom. The molecule has 0 N–H and O–H groups in total.